The topological polar surface area (TPSA) is 133 Å². The van der Waals surface area contributed by atoms with Gasteiger partial charge in [-0.05, 0) is 19.4 Å². The smallest absolute Gasteiger partial charge is 0.409 e. The van der Waals surface area contributed by atoms with Crippen molar-refractivity contribution in [3.05, 3.63) is 33.4 Å². The number of aliphatic carboxylic acids is 1. The normalized spacial score (nSPS) is 11.7. The summed E-state index contributed by atoms with van der Waals surface area (Å²) >= 11 is 0. The molecule has 0 radical (unpaired) electrons. The predicted molar refractivity (Wildman–Crippen MR) is 73.3 cm³/mol. The minimum atomic E-state index is -1.14. The van der Waals surface area contributed by atoms with Crippen LogP contribution in [0.2, 0.25) is 0 Å². The number of carbonyl (C=O) groups excluding carboxylic acids is 1. The molecule has 1 unspecified atom stereocenters. The van der Waals surface area contributed by atoms with E-state index in [0.717, 1.165) is 6.07 Å². The molecule has 0 bridgehead atoms. The van der Waals surface area contributed by atoms with Crippen molar-refractivity contribution in [2.75, 3.05) is 0 Å². The van der Waals surface area contributed by atoms with E-state index in [-0.39, 0.29) is 29.0 Å². The van der Waals surface area contributed by atoms with E-state index < -0.39 is 22.9 Å². The van der Waals surface area contributed by atoms with Crippen LogP contribution in [0.1, 0.15) is 36.8 Å². The van der Waals surface area contributed by atoms with Gasteiger partial charge < -0.3 is 15.6 Å². The number of nitrogens with two attached hydrogens (primary N) is 1. The molecule has 1 amide bonds. The van der Waals surface area contributed by atoms with Crippen molar-refractivity contribution in [2.45, 2.75) is 32.6 Å². The van der Waals surface area contributed by atoms with E-state index in [9.17, 15) is 24.8 Å². The number of rotatable bonds is 6. The van der Waals surface area contributed by atoms with Crippen molar-refractivity contribution in [1.29, 1.82) is 0 Å². The van der Waals surface area contributed by atoms with Gasteiger partial charge in [0.25, 0.3) is 5.69 Å². The lowest BCUT2D eigenvalue weighted by atomic mass is 9.89. The molecule has 0 aliphatic carbocycles. The Bertz CT molecular complexity index is 584. The molecule has 8 nitrogen and oxygen atoms in total. The van der Waals surface area contributed by atoms with Crippen LogP contribution in [0.3, 0.4) is 0 Å². The summed E-state index contributed by atoms with van der Waals surface area (Å²) in [7, 11) is 0. The zero-order valence-corrected chi connectivity index (χ0v) is 11.7. The highest BCUT2D eigenvalue weighted by molar-refractivity contribution is 5.80. The third-order valence-electron chi connectivity index (χ3n) is 3.08. The molecule has 0 saturated carbocycles. The molecule has 0 heterocycles. The Morgan fingerprint density at radius 3 is 2.52 bits per heavy atom. The van der Waals surface area contributed by atoms with Gasteiger partial charge in [0, 0.05) is 17.2 Å². The van der Waals surface area contributed by atoms with E-state index in [1.807, 2.05) is 0 Å². The summed E-state index contributed by atoms with van der Waals surface area (Å²) < 4.78 is 4.79. The zero-order valence-electron chi connectivity index (χ0n) is 11.7. The van der Waals surface area contributed by atoms with E-state index >= 15 is 0 Å². The first-order chi connectivity index (χ1) is 9.79. The van der Waals surface area contributed by atoms with Crippen LogP contribution in [0.5, 0.6) is 5.75 Å². The minimum absolute atomic E-state index is 0.0635. The molecular weight excluding hydrogens is 280 g/mol. The Morgan fingerprint density at radius 1 is 1.48 bits per heavy atom. The van der Waals surface area contributed by atoms with Crippen LogP contribution in [0.15, 0.2) is 12.1 Å². The first kappa shape index (κ1) is 16.4. The third kappa shape index (κ3) is 3.68. The second-order valence-corrected chi connectivity index (χ2v) is 4.48. The highest BCUT2D eigenvalue weighted by Crippen LogP contribution is 2.37. The Morgan fingerprint density at radius 2 is 2.10 bits per heavy atom. The number of carboxylic acids is 1. The number of nitro benzene ring substituents is 1. The number of nitro groups is 1. The summed E-state index contributed by atoms with van der Waals surface area (Å²) in [4.78, 5) is 32.7. The lowest BCUT2D eigenvalue weighted by Crippen LogP contribution is -2.20. The van der Waals surface area contributed by atoms with E-state index in [0.29, 0.717) is 6.42 Å². The van der Waals surface area contributed by atoms with Crippen LogP contribution in [0.4, 0.5) is 10.5 Å². The van der Waals surface area contributed by atoms with Crippen LogP contribution < -0.4 is 10.5 Å². The second-order valence-electron chi connectivity index (χ2n) is 4.48. The maximum absolute atomic E-state index is 11.4. The Labute approximate surface area is 120 Å². The molecule has 0 aliphatic rings. The molecule has 1 atom stereocenters. The molecule has 0 aliphatic heterocycles. The number of carbonyl (C=O) groups is 2. The van der Waals surface area contributed by atoms with Gasteiger partial charge in [0.05, 0.1) is 10.8 Å². The summed E-state index contributed by atoms with van der Waals surface area (Å²) in [6.45, 7) is 3.21. The van der Waals surface area contributed by atoms with Crippen molar-refractivity contribution in [3.63, 3.8) is 0 Å². The number of ether oxygens (including phenoxy) is 1. The van der Waals surface area contributed by atoms with Crippen molar-refractivity contribution >= 4 is 17.7 Å². The zero-order chi connectivity index (χ0) is 16.2. The lowest BCUT2D eigenvalue weighted by molar-refractivity contribution is -0.385. The van der Waals surface area contributed by atoms with E-state index in [1.165, 1.54) is 13.0 Å². The van der Waals surface area contributed by atoms with Crippen LogP contribution in [-0.2, 0) is 4.79 Å². The fourth-order valence-corrected chi connectivity index (χ4v) is 2.20. The van der Waals surface area contributed by atoms with Crippen molar-refractivity contribution in [2.24, 2.45) is 5.73 Å². The number of benzene rings is 1. The first-order valence-electron chi connectivity index (χ1n) is 6.27. The summed E-state index contributed by atoms with van der Waals surface area (Å²) in [5.74, 6) is -2.22. The monoisotopic (exact) mass is 296 g/mol. The number of amides is 1. The van der Waals surface area contributed by atoms with Gasteiger partial charge >= 0.3 is 12.1 Å². The summed E-state index contributed by atoms with van der Waals surface area (Å²) in [6.07, 6.45) is -0.299. The summed E-state index contributed by atoms with van der Waals surface area (Å²) in [5, 5.41) is 20.3. The number of primary amides is 1. The third-order valence-corrected chi connectivity index (χ3v) is 3.08. The molecular formula is C13H16N2O6. The number of hydrogen-bond donors (Lipinski definition) is 2. The molecule has 114 valence electrons. The molecule has 0 fully saturated rings. The number of carboxylic acid groups (broad SMARTS) is 1. The highest BCUT2D eigenvalue weighted by Gasteiger charge is 2.29. The van der Waals surface area contributed by atoms with Gasteiger partial charge in [0.2, 0.25) is 0 Å². The molecule has 8 heteroatoms. The molecule has 0 aromatic heterocycles. The quantitative estimate of drug-likeness (QED) is 0.611. The van der Waals surface area contributed by atoms with E-state index in [2.05, 4.69) is 0 Å². The van der Waals surface area contributed by atoms with E-state index in [4.69, 9.17) is 10.5 Å². The van der Waals surface area contributed by atoms with Crippen molar-refractivity contribution in [1.82, 2.24) is 0 Å². The maximum atomic E-state index is 11.4. The standard InChI is InChI=1S/C13H16N2O6/c1-3-4-8(12(16)17)11-7(2)9(15(19)20)5-6-10(11)21-13(14)18/h5-6,8H,3-4H2,1-2H3,(H2,14,18)(H,16,17). The summed E-state index contributed by atoms with van der Waals surface area (Å²) in [6, 6.07) is 2.35. The molecule has 1 aromatic rings. The largest absolute Gasteiger partial charge is 0.481 e. The molecule has 0 saturated heterocycles. The van der Waals surface area contributed by atoms with Gasteiger partial charge in [-0.25, -0.2) is 4.79 Å². The van der Waals surface area contributed by atoms with Crippen LogP contribution in [-0.4, -0.2) is 22.1 Å². The Kier molecular flexibility index (Phi) is 5.23. The molecule has 21 heavy (non-hydrogen) atoms. The number of hydrogen-bond acceptors (Lipinski definition) is 5. The molecule has 0 spiro atoms. The van der Waals surface area contributed by atoms with Crippen LogP contribution >= 0.6 is 0 Å². The fraction of sp³-hybridized carbons (Fsp3) is 0.385. The van der Waals surface area contributed by atoms with Crippen molar-refractivity contribution < 1.29 is 24.4 Å². The second kappa shape index (κ2) is 6.69. The fourth-order valence-electron chi connectivity index (χ4n) is 2.20. The van der Waals surface area contributed by atoms with Crippen molar-refractivity contribution in [3.8, 4) is 5.75 Å². The van der Waals surface area contributed by atoms with Gasteiger partial charge in [-0.1, -0.05) is 13.3 Å². The predicted octanol–water partition coefficient (Wildman–Crippen LogP) is 2.33. The summed E-state index contributed by atoms with van der Waals surface area (Å²) in [5.41, 5.74) is 4.98. The van der Waals surface area contributed by atoms with Gasteiger partial charge in [-0.2, -0.15) is 0 Å². The van der Waals surface area contributed by atoms with Gasteiger partial charge in [-0.3, -0.25) is 14.9 Å². The molecule has 3 N–H and O–H groups in total. The van der Waals surface area contributed by atoms with E-state index in [1.54, 1.807) is 6.92 Å². The highest BCUT2D eigenvalue weighted by atomic mass is 16.6. The average Bonchev–Trinajstić information content (AvgIpc) is 2.36. The minimum Gasteiger partial charge on any atom is -0.481 e. The number of nitrogens with zero attached hydrogens (tertiary/aromatic N) is 1. The first-order valence-corrected chi connectivity index (χ1v) is 6.27. The Balaban J connectivity index is 3.53. The van der Waals surface area contributed by atoms with Gasteiger partial charge in [0.1, 0.15) is 5.75 Å². The lowest BCUT2D eigenvalue weighted by Gasteiger charge is -2.18. The average molecular weight is 296 g/mol. The molecule has 1 rings (SSSR count). The van der Waals surface area contributed by atoms with Crippen LogP contribution in [0, 0.1) is 17.0 Å². The SMILES string of the molecule is CCCC(C(=O)O)c1c(OC(N)=O)ccc([N+](=O)[O-])c1C. The maximum Gasteiger partial charge on any atom is 0.409 e. The van der Waals surface area contributed by atoms with Gasteiger partial charge in [0.15, 0.2) is 0 Å². The van der Waals surface area contributed by atoms with Crippen LogP contribution in [0.25, 0.3) is 0 Å². The molecule has 1 aromatic carbocycles. The van der Waals surface area contributed by atoms with Gasteiger partial charge in [-0.15, -0.1) is 0 Å². The Hall–Kier alpha value is -2.64.